The van der Waals surface area contributed by atoms with E-state index in [0.29, 0.717) is 5.56 Å². The van der Waals surface area contributed by atoms with Crippen LogP contribution in [0.4, 0.5) is 11.4 Å². The van der Waals surface area contributed by atoms with Crippen molar-refractivity contribution in [1.82, 2.24) is 9.78 Å². The van der Waals surface area contributed by atoms with Crippen LogP contribution in [0.25, 0.3) is 0 Å². The highest BCUT2D eigenvalue weighted by atomic mass is 16.5. The van der Waals surface area contributed by atoms with Crippen molar-refractivity contribution in [3.05, 3.63) is 71.0 Å². The minimum absolute atomic E-state index is 0.0397. The summed E-state index contributed by atoms with van der Waals surface area (Å²) in [4.78, 5) is 15.2. The number of aromatic nitrogens is 2. The Morgan fingerprint density at radius 2 is 1.78 bits per heavy atom. The van der Waals surface area contributed by atoms with Crippen LogP contribution in [0, 0.1) is 13.8 Å². The molecule has 1 amide bonds. The number of fused-ring (bicyclic) bond motifs is 1. The van der Waals surface area contributed by atoms with Crippen LogP contribution in [-0.4, -0.2) is 22.8 Å². The van der Waals surface area contributed by atoms with E-state index in [1.54, 1.807) is 12.0 Å². The molecule has 0 fully saturated rings. The number of methoxy groups -OCH3 is 1. The Morgan fingerprint density at radius 1 is 1.07 bits per heavy atom. The normalized spacial score (nSPS) is 16.1. The van der Waals surface area contributed by atoms with Gasteiger partial charge in [-0.2, -0.15) is 5.10 Å². The third-order valence-electron chi connectivity index (χ3n) is 5.12. The van der Waals surface area contributed by atoms with Crippen LogP contribution < -0.4 is 15.0 Å². The highest BCUT2D eigenvalue weighted by Gasteiger charge is 2.36. The lowest BCUT2D eigenvalue weighted by molar-refractivity contribution is 0.0975. The van der Waals surface area contributed by atoms with Gasteiger partial charge in [0, 0.05) is 29.7 Å². The molecule has 1 N–H and O–H groups in total. The lowest BCUT2D eigenvalue weighted by Crippen LogP contribution is -2.43. The largest absolute Gasteiger partial charge is 0.497 e. The second-order valence-corrected chi connectivity index (χ2v) is 6.67. The smallest absolute Gasteiger partial charge is 0.262 e. The van der Waals surface area contributed by atoms with Crippen LogP contribution in [0.2, 0.25) is 0 Å². The van der Waals surface area contributed by atoms with Gasteiger partial charge in [0.05, 0.1) is 18.4 Å². The first-order valence-corrected chi connectivity index (χ1v) is 8.84. The molecule has 1 atom stereocenters. The van der Waals surface area contributed by atoms with Crippen molar-refractivity contribution in [1.29, 1.82) is 0 Å². The van der Waals surface area contributed by atoms with E-state index in [1.807, 2.05) is 74.1 Å². The fourth-order valence-electron chi connectivity index (χ4n) is 3.65. The Balaban J connectivity index is 1.89. The minimum atomic E-state index is -0.338. The summed E-state index contributed by atoms with van der Waals surface area (Å²) in [5.74, 6) is 0.712. The third-order valence-corrected chi connectivity index (χ3v) is 5.12. The van der Waals surface area contributed by atoms with Crippen molar-refractivity contribution >= 4 is 17.3 Å². The molecule has 138 valence electrons. The van der Waals surface area contributed by atoms with E-state index in [2.05, 4.69) is 10.4 Å². The molecule has 2 aromatic carbocycles. The quantitative estimate of drug-likeness (QED) is 0.770. The minimum Gasteiger partial charge on any atom is -0.497 e. The highest BCUT2D eigenvalue weighted by Crippen LogP contribution is 2.38. The molecule has 0 unspecified atom stereocenters. The van der Waals surface area contributed by atoms with E-state index < -0.39 is 0 Å². The first-order valence-electron chi connectivity index (χ1n) is 8.84. The molecule has 0 saturated heterocycles. The SMILES string of the molecule is COc1ccc(N2C(=O)c3ccccc3N[C@H]2c2c(C)nn(C)c2C)cc1. The van der Waals surface area contributed by atoms with Crippen molar-refractivity contribution in [2.45, 2.75) is 20.0 Å². The number of aryl methyl sites for hydroxylation is 2. The van der Waals surface area contributed by atoms with Gasteiger partial charge in [-0.3, -0.25) is 14.4 Å². The van der Waals surface area contributed by atoms with Crippen LogP contribution in [0.5, 0.6) is 5.75 Å². The van der Waals surface area contributed by atoms with E-state index in [-0.39, 0.29) is 12.1 Å². The van der Waals surface area contributed by atoms with Crippen LogP contribution in [0.15, 0.2) is 48.5 Å². The molecule has 1 aliphatic rings. The van der Waals surface area contributed by atoms with Crippen molar-refractivity contribution in [2.75, 3.05) is 17.3 Å². The number of ether oxygens (including phenoxy) is 1. The lowest BCUT2D eigenvalue weighted by atomic mass is 10.0. The molecule has 6 nitrogen and oxygen atoms in total. The lowest BCUT2D eigenvalue weighted by Gasteiger charge is -2.38. The highest BCUT2D eigenvalue weighted by molar-refractivity contribution is 6.12. The number of carbonyl (C=O) groups excluding carboxylic acids is 1. The zero-order chi connectivity index (χ0) is 19.1. The average Bonchev–Trinajstić information content (AvgIpc) is 2.93. The van der Waals surface area contributed by atoms with Gasteiger partial charge in [-0.25, -0.2) is 0 Å². The summed E-state index contributed by atoms with van der Waals surface area (Å²) in [6, 6.07) is 15.1. The number of benzene rings is 2. The maximum atomic E-state index is 13.4. The van der Waals surface area contributed by atoms with Gasteiger partial charge in [0.15, 0.2) is 0 Å². The molecule has 2 heterocycles. The number of nitrogens with zero attached hydrogens (tertiary/aromatic N) is 3. The average molecular weight is 362 g/mol. The molecule has 4 rings (SSSR count). The van der Waals surface area contributed by atoms with Gasteiger partial charge in [-0.1, -0.05) is 12.1 Å². The number of nitrogens with one attached hydrogen (secondary N) is 1. The summed E-state index contributed by atoms with van der Waals surface area (Å²) in [6.45, 7) is 4.00. The summed E-state index contributed by atoms with van der Waals surface area (Å²) in [5.41, 5.74) is 5.23. The van der Waals surface area contributed by atoms with E-state index in [9.17, 15) is 4.79 Å². The van der Waals surface area contributed by atoms with Crippen molar-refractivity contribution < 1.29 is 9.53 Å². The molecule has 1 aliphatic heterocycles. The maximum Gasteiger partial charge on any atom is 0.262 e. The molecule has 0 bridgehead atoms. The van der Waals surface area contributed by atoms with Crippen molar-refractivity contribution in [2.24, 2.45) is 7.05 Å². The topological polar surface area (TPSA) is 59.4 Å². The molecule has 0 aliphatic carbocycles. The second-order valence-electron chi connectivity index (χ2n) is 6.67. The molecular weight excluding hydrogens is 340 g/mol. The van der Waals surface area contributed by atoms with Gasteiger partial charge in [0.1, 0.15) is 11.9 Å². The first-order chi connectivity index (χ1) is 13.0. The van der Waals surface area contributed by atoms with E-state index >= 15 is 0 Å². The molecule has 0 spiro atoms. The maximum absolute atomic E-state index is 13.4. The van der Waals surface area contributed by atoms with Crippen LogP contribution in [0.3, 0.4) is 0 Å². The molecule has 0 saturated carbocycles. The van der Waals surface area contributed by atoms with Gasteiger partial charge in [0.25, 0.3) is 5.91 Å². The van der Waals surface area contributed by atoms with Crippen LogP contribution in [0.1, 0.15) is 33.5 Å². The van der Waals surface area contributed by atoms with Gasteiger partial charge < -0.3 is 10.1 Å². The number of hydrogen-bond donors (Lipinski definition) is 1. The number of hydrogen-bond acceptors (Lipinski definition) is 4. The Morgan fingerprint density at radius 3 is 2.41 bits per heavy atom. The van der Waals surface area contributed by atoms with Crippen molar-refractivity contribution in [3.63, 3.8) is 0 Å². The Hall–Kier alpha value is -3.28. The third kappa shape index (κ3) is 2.73. The summed E-state index contributed by atoms with van der Waals surface area (Å²) >= 11 is 0. The number of carbonyl (C=O) groups is 1. The number of anilines is 2. The summed E-state index contributed by atoms with van der Waals surface area (Å²) in [6.07, 6.45) is -0.338. The van der Waals surface area contributed by atoms with Crippen LogP contribution in [-0.2, 0) is 7.05 Å². The Labute approximate surface area is 158 Å². The van der Waals surface area contributed by atoms with Gasteiger partial charge in [-0.15, -0.1) is 0 Å². The van der Waals surface area contributed by atoms with Gasteiger partial charge in [-0.05, 0) is 50.2 Å². The number of rotatable bonds is 3. The van der Waals surface area contributed by atoms with E-state index in [0.717, 1.165) is 34.1 Å². The number of amides is 1. The van der Waals surface area contributed by atoms with Gasteiger partial charge >= 0.3 is 0 Å². The van der Waals surface area contributed by atoms with E-state index in [4.69, 9.17) is 4.74 Å². The van der Waals surface area contributed by atoms with Gasteiger partial charge in [0.2, 0.25) is 0 Å². The Kier molecular flexibility index (Phi) is 4.11. The summed E-state index contributed by atoms with van der Waals surface area (Å²) < 4.78 is 7.11. The van der Waals surface area contributed by atoms with Crippen molar-refractivity contribution in [3.8, 4) is 5.75 Å². The fourth-order valence-corrected chi connectivity index (χ4v) is 3.65. The first kappa shape index (κ1) is 17.1. The molecular formula is C21H22N4O2. The zero-order valence-electron chi connectivity index (χ0n) is 15.9. The molecule has 27 heavy (non-hydrogen) atoms. The predicted octanol–water partition coefficient (Wildman–Crippen LogP) is 3.82. The monoisotopic (exact) mass is 362 g/mol. The molecule has 1 aromatic heterocycles. The summed E-state index contributed by atoms with van der Waals surface area (Å²) in [7, 11) is 3.55. The summed E-state index contributed by atoms with van der Waals surface area (Å²) in [5, 5.41) is 8.08. The standard InChI is InChI=1S/C21H22N4O2/c1-13-19(14(2)24(3)23-13)20-22-18-8-6-5-7-17(18)21(26)25(20)15-9-11-16(27-4)12-10-15/h5-12,20,22H,1-4H3/t20-/m1/s1. The number of para-hydroxylation sites is 1. The van der Waals surface area contributed by atoms with E-state index in [1.165, 1.54) is 0 Å². The predicted molar refractivity (Wildman–Crippen MR) is 105 cm³/mol. The Bertz CT molecular complexity index is 1010. The fraction of sp³-hybridized carbons (Fsp3) is 0.238. The molecule has 0 radical (unpaired) electrons. The molecule has 3 aromatic rings. The second kappa shape index (κ2) is 6.46. The molecule has 6 heteroatoms. The van der Waals surface area contributed by atoms with Crippen LogP contribution >= 0.6 is 0 Å². The zero-order valence-corrected chi connectivity index (χ0v) is 15.9.